The smallest absolute Gasteiger partial charge is 0.228 e. The molecule has 6 heteroatoms. The van der Waals surface area contributed by atoms with Crippen LogP contribution in [0.5, 0.6) is 0 Å². The van der Waals surface area contributed by atoms with Gasteiger partial charge in [0, 0.05) is 31.7 Å². The van der Waals surface area contributed by atoms with E-state index in [-0.39, 0.29) is 5.91 Å². The van der Waals surface area contributed by atoms with E-state index in [0.717, 1.165) is 33.7 Å². The van der Waals surface area contributed by atoms with Crippen LogP contribution in [0.15, 0.2) is 73.2 Å². The van der Waals surface area contributed by atoms with Crippen molar-refractivity contribution in [1.29, 1.82) is 0 Å². The number of nitrogens with zero attached hydrogens (tertiary/aromatic N) is 4. The van der Waals surface area contributed by atoms with Crippen LogP contribution in [-0.4, -0.2) is 34.6 Å². The molecule has 0 aliphatic carbocycles. The summed E-state index contributed by atoms with van der Waals surface area (Å²) in [6.07, 6.45) is 3.76. The summed E-state index contributed by atoms with van der Waals surface area (Å²) in [4.78, 5) is 18.6. The van der Waals surface area contributed by atoms with E-state index in [4.69, 9.17) is 0 Å². The zero-order chi connectivity index (χ0) is 19.5. The van der Waals surface area contributed by atoms with Gasteiger partial charge in [0.25, 0.3) is 0 Å². The van der Waals surface area contributed by atoms with Crippen LogP contribution < -0.4 is 10.2 Å². The van der Waals surface area contributed by atoms with Crippen molar-refractivity contribution < 1.29 is 4.79 Å². The first-order valence-electron chi connectivity index (χ1n) is 9.04. The maximum absolute atomic E-state index is 12.4. The zero-order valence-electron chi connectivity index (χ0n) is 15.8. The van der Waals surface area contributed by atoms with Gasteiger partial charge < -0.3 is 10.2 Å². The molecule has 2 aromatic heterocycles. The van der Waals surface area contributed by atoms with Crippen molar-refractivity contribution in [2.75, 3.05) is 24.3 Å². The Bertz CT molecular complexity index is 1120. The van der Waals surface area contributed by atoms with Gasteiger partial charge in [-0.3, -0.25) is 4.79 Å². The quantitative estimate of drug-likeness (QED) is 0.582. The zero-order valence-corrected chi connectivity index (χ0v) is 15.8. The summed E-state index contributed by atoms with van der Waals surface area (Å²) in [5, 5.41) is 7.07. The molecule has 0 saturated heterocycles. The molecule has 1 N–H and O–H groups in total. The Morgan fingerprint density at radius 2 is 1.86 bits per heavy atom. The average molecular weight is 371 g/mol. The average Bonchev–Trinajstić information content (AvgIpc) is 3.16. The van der Waals surface area contributed by atoms with Crippen LogP contribution >= 0.6 is 0 Å². The minimum Gasteiger partial charge on any atom is -0.378 e. The Kier molecular flexibility index (Phi) is 4.76. The molecule has 0 fully saturated rings. The van der Waals surface area contributed by atoms with Gasteiger partial charge in [-0.1, -0.05) is 30.3 Å². The molecular formula is C22H21N5O. The third-order valence-corrected chi connectivity index (χ3v) is 4.58. The van der Waals surface area contributed by atoms with E-state index in [0.29, 0.717) is 6.42 Å². The first-order valence-corrected chi connectivity index (χ1v) is 9.04. The molecule has 0 atom stereocenters. The SMILES string of the molecule is CN(C)c1cccc(NC(=O)Cc2ccc(-c3ccn4ncnc4c3)cc2)c1. The van der Waals surface area contributed by atoms with Gasteiger partial charge in [0.05, 0.1) is 6.42 Å². The fourth-order valence-corrected chi connectivity index (χ4v) is 3.06. The summed E-state index contributed by atoms with van der Waals surface area (Å²) in [5.41, 5.74) is 5.76. The van der Waals surface area contributed by atoms with Crippen molar-refractivity contribution in [3.63, 3.8) is 0 Å². The number of hydrogen-bond acceptors (Lipinski definition) is 4. The summed E-state index contributed by atoms with van der Waals surface area (Å²) in [6, 6.07) is 19.8. The molecule has 28 heavy (non-hydrogen) atoms. The predicted octanol–water partition coefficient (Wildman–Crippen LogP) is 3.64. The molecule has 4 aromatic rings. The molecule has 140 valence electrons. The van der Waals surface area contributed by atoms with Gasteiger partial charge in [0.1, 0.15) is 6.33 Å². The molecule has 0 unspecified atom stereocenters. The van der Waals surface area contributed by atoms with Crippen molar-refractivity contribution in [3.8, 4) is 11.1 Å². The molecule has 1 amide bonds. The maximum atomic E-state index is 12.4. The Labute approximate surface area is 163 Å². The van der Waals surface area contributed by atoms with E-state index in [2.05, 4.69) is 15.4 Å². The number of anilines is 2. The summed E-state index contributed by atoms with van der Waals surface area (Å²) >= 11 is 0. The van der Waals surface area contributed by atoms with Crippen molar-refractivity contribution in [2.24, 2.45) is 0 Å². The molecule has 0 aliphatic rings. The monoisotopic (exact) mass is 371 g/mol. The second-order valence-electron chi connectivity index (χ2n) is 6.84. The maximum Gasteiger partial charge on any atom is 0.228 e. The standard InChI is InChI=1S/C22H21N5O/c1-26(2)20-5-3-4-19(14-20)25-22(28)12-16-6-8-17(9-7-16)18-10-11-27-21(13-18)23-15-24-27/h3-11,13-15H,12H2,1-2H3,(H,25,28). The fraction of sp³-hybridized carbons (Fsp3) is 0.136. The number of amides is 1. The Morgan fingerprint density at radius 1 is 1.04 bits per heavy atom. The molecule has 0 spiro atoms. The summed E-state index contributed by atoms with van der Waals surface area (Å²) in [5.74, 6) is -0.0338. The fourth-order valence-electron chi connectivity index (χ4n) is 3.06. The lowest BCUT2D eigenvalue weighted by atomic mass is 10.0. The van der Waals surface area contributed by atoms with Crippen molar-refractivity contribution in [2.45, 2.75) is 6.42 Å². The van der Waals surface area contributed by atoms with E-state index in [1.807, 2.05) is 85.9 Å². The number of aromatic nitrogens is 3. The number of benzene rings is 2. The van der Waals surface area contributed by atoms with Gasteiger partial charge >= 0.3 is 0 Å². The number of fused-ring (bicyclic) bond motifs is 1. The van der Waals surface area contributed by atoms with Crippen LogP contribution in [-0.2, 0) is 11.2 Å². The molecular weight excluding hydrogens is 350 g/mol. The van der Waals surface area contributed by atoms with E-state index < -0.39 is 0 Å². The first-order chi connectivity index (χ1) is 13.6. The molecule has 0 bridgehead atoms. The van der Waals surface area contributed by atoms with E-state index in [9.17, 15) is 4.79 Å². The number of hydrogen-bond donors (Lipinski definition) is 1. The summed E-state index contributed by atoms with van der Waals surface area (Å²) in [6.45, 7) is 0. The van der Waals surface area contributed by atoms with Crippen molar-refractivity contribution >= 4 is 22.9 Å². The van der Waals surface area contributed by atoms with Crippen LogP contribution in [0.25, 0.3) is 16.8 Å². The van der Waals surface area contributed by atoms with Crippen molar-refractivity contribution in [3.05, 3.63) is 78.8 Å². The molecule has 2 heterocycles. The highest BCUT2D eigenvalue weighted by Crippen LogP contribution is 2.21. The lowest BCUT2D eigenvalue weighted by Crippen LogP contribution is -2.15. The third-order valence-electron chi connectivity index (χ3n) is 4.58. The van der Waals surface area contributed by atoms with Crippen LogP contribution in [0.1, 0.15) is 5.56 Å². The van der Waals surface area contributed by atoms with Gasteiger partial charge in [-0.25, -0.2) is 9.50 Å². The van der Waals surface area contributed by atoms with Crippen LogP contribution in [0.4, 0.5) is 11.4 Å². The predicted molar refractivity (Wildman–Crippen MR) is 112 cm³/mol. The Morgan fingerprint density at radius 3 is 2.64 bits per heavy atom. The minimum atomic E-state index is -0.0338. The van der Waals surface area contributed by atoms with Gasteiger partial charge in [-0.15, -0.1) is 0 Å². The largest absolute Gasteiger partial charge is 0.378 e. The van der Waals surface area contributed by atoms with Gasteiger partial charge in [-0.2, -0.15) is 5.10 Å². The molecule has 2 aromatic carbocycles. The van der Waals surface area contributed by atoms with E-state index >= 15 is 0 Å². The molecule has 6 nitrogen and oxygen atoms in total. The third kappa shape index (κ3) is 3.86. The number of carbonyl (C=O) groups is 1. The number of rotatable bonds is 5. The van der Waals surface area contributed by atoms with Crippen molar-refractivity contribution in [1.82, 2.24) is 14.6 Å². The van der Waals surface area contributed by atoms with E-state index in [1.54, 1.807) is 4.52 Å². The number of carbonyl (C=O) groups excluding carboxylic acids is 1. The highest BCUT2D eigenvalue weighted by Gasteiger charge is 2.07. The second-order valence-corrected chi connectivity index (χ2v) is 6.84. The van der Waals surface area contributed by atoms with Crippen LogP contribution in [0.2, 0.25) is 0 Å². The topological polar surface area (TPSA) is 62.5 Å². The molecule has 0 saturated carbocycles. The number of pyridine rings is 1. The van der Waals surface area contributed by atoms with Gasteiger partial charge in [-0.05, 0) is 47.0 Å². The molecule has 0 aliphatic heterocycles. The highest BCUT2D eigenvalue weighted by atomic mass is 16.1. The normalized spacial score (nSPS) is 10.8. The Balaban J connectivity index is 1.44. The van der Waals surface area contributed by atoms with Crippen LogP contribution in [0.3, 0.4) is 0 Å². The second kappa shape index (κ2) is 7.52. The summed E-state index contributed by atoms with van der Waals surface area (Å²) in [7, 11) is 3.95. The number of nitrogens with one attached hydrogen (secondary N) is 1. The lowest BCUT2D eigenvalue weighted by molar-refractivity contribution is -0.115. The molecule has 0 radical (unpaired) electrons. The van der Waals surface area contributed by atoms with Crippen LogP contribution in [0, 0.1) is 0 Å². The highest BCUT2D eigenvalue weighted by molar-refractivity contribution is 5.92. The van der Waals surface area contributed by atoms with Gasteiger partial charge in [0.15, 0.2) is 5.65 Å². The summed E-state index contributed by atoms with van der Waals surface area (Å²) < 4.78 is 1.73. The van der Waals surface area contributed by atoms with E-state index in [1.165, 1.54) is 6.33 Å². The first kappa shape index (κ1) is 17.7. The van der Waals surface area contributed by atoms with Gasteiger partial charge in [0.2, 0.25) is 5.91 Å². The Hall–Kier alpha value is -3.67. The lowest BCUT2D eigenvalue weighted by Gasteiger charge is -2.14. The molecule has 4 rings (SSSR count). The minimum absolute atomic E-state index is 0.0338.